The molecule has 0 N–H and O–H groups in total. The maximum Gasteiger partial charge on any atom is 0.102 e. The summed E-state index contributed by atoms with van der Waals surface area (Å²) in [6, 6.07) is 9.67. The van der Waals surface area contributed by atoms with E-state index in [4.69, 9.17) is 16.3 Å². The fourth-order valence-electron chi connectivity index (χ4n) is 0.769. The van der Waals surface area contributed by atoms with Gasteiger partial charge in [-0.2, -0.15) is 0 Å². The maximum absolute atomic E-state index is 5.84. The molecule has 0 spiro atoms. The van der Waals surface area contributed by atoms with Gasteiger partial charge < -0.3 is 4.74 Å². The molecule has 1 aromatic carbocycles. The number of rotatable bonds is 2. The number of benzene rings is 1. The summed E-state index contributed by atoms with van der Waals surface area (Å²) in [5.41, 5.74) is 0.969. The van der Waals surface area contributed by atoms with Crippen molar-refractivity contribution in [1.82, 2.24) is 0 Å². The van der Waals surface area contributed by atoms with E-state index in [-0.39, 0.29) is 0 Å². The first-order valence-electron chi connectivity index (χ1n) is 3.28. The van der Waals surface area contributed by atoms with E-state index in [1.54, 1.807) is 7.11 Å². The Morgan fingerprint density at radius 2 is 2.00 bits per heavy atom. The number of methoxy groups -OCH3 is 1. The maximum atomic E-state index is 5.84. The van der Waals surface area contributed by atoms with E-state index in [1.807, 2.05) is 30.3 Å². The third-order valence-corrected chi connectivity index (χ3v) is 1.58. The summed E-state index contributed by atoms with van der Waals surface area (Å²) in [7, 11) is 1.57. The average Bonchev–Trinajstić information content (AvgIpc) is 2.07. The van der Waals surface area contributed by atoms with Gasteiger partial charge in [0.1, 0.15) is 6.26 Å². The lowest BCUT2D eigenvalue weighted by molar-refractivity contribution is 0.340. The quantitative estimate of drug-likeness (QED) is 0.617. The number of hydrogen-bond donors (Lipinski definition) is 0. The van der Waals surface area contributed by atoms with Crippen LogP contribution in [0.3, 0.4) is 0 Å². The zero-order valence-corrected chi connectivity index (χ0v) is 7.01. The molecule has 1 nitrogen and oxygen atoms in total. The van der Waals surface area contributed by atoms with E-state index in [9.17, 15) is 0 Å². The van der Waals surface area contributed by atoms with Crippen LogP contribution in [0.25, 0.3) is 5.03 Å². The average molecular weight is 169 g/mol. The predicted molar refractivity (Wildman–Crippen MR) is 47.3 cm³/mol. The van der Waals surface area contributed by atoms with Gasteiger partial charge in [0.25, 0.3) is 0 Å². The molecule has 0 aromatic heterocycles. The molecule has 0 atom stereocenters. The van der Waals surface area contributed by atoms with Crippen LogP contribution in [0.15, 0.2) is 36.6 Å². The van der Waals surface area contributed by atoms with Gasteiger partial charge in [0.05, 0.1) is 12.1 Å². The second kappa shape index (κ2) is 4.04. The minimum atomic E-state index is 0.619. The van der Waals surface area contributed by atoms with E-state index in [0.29, 0.717) is 5.03 Å². The third-order valence-electron chi connectivity index (χ3n) is 1.27. The molecule has 0 aliphatic rings. The van der Waals surface area contributed by atoms with Crippen molar-refractivity contribution in [2.75, 3.05) is 7.11 Å². The summed E-state index contributed by atoms with van der Waals surface area (Å²) < 4.78 is 4.76. The van der Waals surface area contributed by atoms with Crippen molar-refractivity contribution in [1.29, 1.82) is 0 Å². The van der Waals surface area contributed by atoms with Crippen molar-refractivity contribution in [2.24, 2.45) is 0 Å². The monoisotopic (exact) mass is 168 g/mol. The van der Waals surface area contributed by atoms with Crippen molar-refractivity contribution in [2.45, 2.75) is 0 Å². The van der Waals surface area contributed by atoms with Gasteiger partial charge in [-0.1, -0.05) is 41.9 Å². The van der Waals surface area contributed by atoms with Crippen LogP contribution in [-0.4, -0.2) is 7.11 Å². The molecule has 0 aliphatic heterocycles. The lowest BCUT2D eigenvalue weighted by atomic mass is 10.2. The summed E-state index contributed by atoms with van der Waals surface area (Å²) in [5, 5.41) is 0.619. The van der Waals surface area contributed by atoms with Gasteiger partial charge in [-0.05, 0) is 5.56 Å². The predicted octanol–water partition coefficient (Wildman–Crippen LogP) is 2.87. The Labute approximate surface area is 71.3 Å². The lowest BCUT2D eigenvalue weighted by Crippen LogP contribution is -1.76. The Hall–Kier alpha value is -0.950. The molecule has 0 saturated heterocycles. The van der Waals surface area contributed by atoms with Crippen molar-refractivity contribution in [3.05, 3.63) is 42.2 Å². The molecule has 0 bridgehead atoms. The molecule has 0 fully saturated rings. The molecule has 1 aromatic rings. The van der Waals surface area contributed by atoms with Gasteiger partial charge in [-0.3, -0.25) is 0 Å². The molecule has 0 aliphatic carbocycles. The second-order valence-corrected chi connectivity index (χ2v) is 2.47. The van der Waals surface area contributed by atoms with Crippen molar-refractivity contribution in [3.8, 4) is 0 Å². The Morgan fingerprint density at radius 3 is 2.55 bits per heavy atom. The largest absolute Gasteiger partial charge is 0.503 e. The summed E-state index contributed by atoms with van der Waals surface area (Å²) >= 11 is 5.84. The highest BCUT2D eigenvalue weighted by Gasteiger charge is 1.94. The minimum absolute atomic E-state index is 0.619. The van der Waals surface area contributed by atoms with E-state index < -0.39 is 0 Å². The highest BCUT2D eigenvalue weighted by Crippen LogP contribution is 2.17. The standard InChI is InChI=1S/C9H9ClO/c1-11-7-9(10)8-5-3-2-4-6-8/h2-7H,1H3. The number of ether oxygens (including phenoxy) is 1. The molecular formula is C9H9ClO. The van der Waals surface area contributed by atoms with E-state index in [0.717, 1.165) is 5.56 Å². The van der Waals surface area contributed by atoms with Crippen LogP contribution >= 0.6 is 11.6 Å². The third kappa shape index (κ3) is 2.28. The van der Waals surface area contributed by atoms with Crippen LogP contribution in [0.5, 0.6) is 0 Å². The van der Waals surface area contributed by atoms with Gasteiger partial charge in [0, 0.05) is 0 Å². The smallest absolute Gasteiger partial charge is 0.102 e. The van der Waals surface area contributed by atoms with Gasteiger partial charge in [-0.15, -0.1) is 0 Å². The minimum Gasteiger partial charge on any atom is -0.503 e. The SMILES string of the molecule is COC=C(Cl)c1ccccc1. The summed E-state index contributed by atoms with van der Waals surface area (Å²) in [6.45, 7) is 0. The fourth-order valence-corrected chi connectivity index (χ4v) is 0.984. The first-order valence-corrected chi connectivity index (χ1v) is 3.66. The second-order valence-electron chi connectivity index (χ2n) is 2.07. The molecule has 0 unspecified atom stereocenters. The zero-order valence-electron chi connectivity index (χ0n) is 6.25. The van der Waals surface area contributed by atoms with Gasteiger partial charge in [0.15, 0.2) is 0 Å². The first kappa shape index (κ1) is 8.15. The fraction of sp³-hybridized carbons (Fsp3) is 0.111. The van der Waals surface area contributed by atoms with Crippen LogP contribution in [0.1, 0.15) is 5.56 Å². The van der Waals surface area contributed by atoms with Crippen LogP contribution < -0.4 is 0 Å². The first-order chi connectivity index (χ1) is 5.34. The highest BCUT2D eigenvalue weighted by molar-refractivity contribution is 6.48. The number of hydrogen-bond acceptors (Lipinski definition) is 1. The van der Waals surface area contributed by atoms with Crippen LogP contribution in [0.4, 0.5) is 0 Å². The molecule has 0 saturated carbocycles. The molecular weight excluding hydrogens is 160 g/mol. The topological polar surface area (TPSA) is 9.23 Å². The van der Waals surface area contributed by atoms with E-state index in [2.05, 4.69) is 0 Å². The summed E-state index contributed by atoms with van der Waals surface area (Å²) in [5.74, 6) is 0. The van der Waals surface area contributed by atoms with Crippen molar-refractivity contribution in [3.63, 3.8) is 0 Å². The molecule has 58 valence electrons. The molecule has 0 radical (unpaired) electrons. The molecule has 11 heavy (non-hydrogen) atoms. The molecule has 1 rings (SSSR count). The van der Waals surface area contributed by atoms with E-state index >= 15 is 0 Å². The summed E-state index contributed by atoms with van der Waals surface area (Å²) in [4.78, 5) is 0. The summed E-state index contributed by atoms with van der Waals surface area (Å²) in [6.07, 6.45) is 1.51. The highest BCUT2D eigenvalue weighted by atomic mass is 35.5. The normalized spacial score (nSPS) is 11.3. The van der Waals surface area contributed by atoms with Crippen LogP contribution in [-0.2, 0) is 4.74 Å². The Morgan fingerprint density at radius 1 is 1.36 bits per heavy atom. The van der Waals surface area contributed by atoms with Crippen LogP contribution in [0.2, 0.25) is 0 Å². The Balaban J connectivity index is 2.85. The van der Waals surface area contributed by atoms with Gasteiger partial charge >= 0.3 is 0 Å². The molecule has 2 heteroatoms. The zero-order chi connectivity index (χ0) is 8.10. The lowest BCUT2D eigenvalue weighted by Gasteiger charge is -1.96. The Bertz CT molecular complexity index is 241. The molecule has 0 amide bonds. The van der Waals surface area contributed by atoms with Crippen LogP contribution in [0, 0.1) is 0 Å². The van der Waals surface area contributed by atoms with Crippen molar-refractivity contribution < 1.29 is 4.74 Å². The van der Waals surface area contributed by atoms with Crippen molar-refractivity contribution >= 4 is 16.6 Å². The Kier molecular flexibility index (Phi) is 2.99. The molecule has 0 heterocycles. The van der Waals surface area contributed by atoms with E-state index in [1.165, 1.54) is 6.26 Å². The van der Waals surface area contributed by atoms with Gasteiger partial charge in [0.2, 0.25) is 0 Å². The van der Waals surface area contributed by atoms with Gasteiger partial charge in [-0.25, -0.2) is 0 Å². The number of halogens is 1.